The van der Waals surface area contributed by atoms with E-state index in [1.54, 1.807) is 29.2 Å². The Morgan fingerprint density at radius 3 is 1.92 bits per heavy atom. The molecule has 132 valence electrons. The minimum atomic E-state index is -0.191. The van der Waals surface area contributed by atoms with Gasteiger partial charge >= 0.3 is 0 Å². The summed E-state index contributed by atoms with van der Waals surface area (Å²) in [6.45, 7) is 8.34. The Labute approximate surface area is 143 Å². The lowest BCUT2D eigenvalue weighted by atomic mass is 10.2. The summed E-state index contributed by atoms with van der Waals surface area (Å²) < 4.78 is 0. The summed E-state index contributed by atoms with van der Waals surface area (Å²) >= 11 is 0. The predicted octanol–water partition coefficient (Wildman–Crippen LogP) is 2.65. The second kappa shape index (κ2) is 9.70. The molecule has 3 amide bonds. The highest BCUT2D eigenvalue weighted by Gasteiger charge is 2.19. The minimum absolute atomic E-state index is 0.0226. The third-order valence-corrected chi connectivity index (χ3v) is 3.51. The zero-order chi connectivity index (χ0) is 18.1. The Hall–Kier alpha value is -2.37. The number of nitrogens with one attached hydrogen (secondary N) is 1. The molecule has 0 aliphatic rings. The third-order valence-electron chi connectivity index (χ3n) is 3.51. The molecule has 0 atom stereocenters. The van der Waals surface area contributed by atoms with Crippen molar-refractivity contribution in [3.8, 4) is 0 Å². The molecular formula is C18H27N3O3. The number of hydrogen-bond acceptors (Lipinski definition) is 3. The Morgan fingerprint density at radius 1 is 0.958 bits per heavy atom. The summed E-state index contributed by atoms with van der Waals surface area (Å²) in [6, 6.07) is 6.88. The van der Waals surface area contributed by atoms with Crippen LogP contribution in [0.5, 0.6) is 0 Å². The highest BCUT2D eigenvalue weighted by Crippen LogP contribution is 2.18. The molecule has 0 unspecified atom stereocenters. The zero-order valence-corrected chi connectivity index (χ0v) is 15.0. The average Bonchev–Trinajstić information content (AvgIpc) is 2.52. The molecule has 1 aromatic carbocycles. The number of nitrogens with zero attached hydrogens (tertiary/aromatic N) is 2. The quantitative estimate of drug-likeness (QED) is 0.795. The van der Waals surface area contributed by atoms with Crippen LogP contribution in [-0.2, 0) is 14.4 Å². The first-order valence-electron chi connectivity index (χ1n) is 8.32. The number of rotatable bonds is 8. The van der Waals surface area contributed by atoms with Crippen molar-refractivity contribution in [2.75, 3.05) is 29.9 Å². The first kappa shape index (κ1) is 19.7. The fourth-order valence-electron chi connectivity index (χ4n) is 2.45. The summed E-state index contributed by atoms with van der Waals surface area (Å²) in [4.78, 5) is 38.8. The van der Waals surface area contributed by atoms with E-state index in [1.165, 1.54) is 18.7 Å². The zero-order valence-electron chi connectivity index (χ0n) is 15.0. The van der Waals surface area contributed by atoms with Gasteiger partial charge in [-0.05, 0) is 37.1 Å². The number of carbonyl (C=O) groups excluding carboxylic acids is 3. The van der Waals surface area contributed by atoms with Crippen LogP contribution in [0.3, 0.4) is 0 Å². The average molecular weight is 333 g/mol. The maximum Gasteiger partial charge on any atom is 0.242 e. The van der Waals surface area contributed by atoms with E-state index in [1.807, 2.05) is 13.8 Å². The summed E-state index contributed by atoms with van der Waals surface area (Å²) in [5, 5.41) is 2.68. The molecule has 0 fully saturated rings. The van der Waals surface area contributed by atoms with Crippen molar-refractivity contribution in [2.45, 2.75) is 40.5 Å². The number of anilines is 2. The van der Waals surface area contributed by atoms with E-state index in [-0.39, 0.29) is 24.3 Å². The van der Waals surface area contributed by atoms with E-state index < -0.39 is 0 Å². The normalized spacial score (nSPS) is 10.2. The molecule has 0 radical (unpaired) electrons. The largest absolute Gasteiger partial charge is 0.341 e. The predicted molar refractivity (Wildman–Crippen MR) is 95.9 cm³/mol. The van der Waals surface area contributed by atoms with Crippen molar-refractivity contribution in [1.82, 2.24) is 4.90 Å². The van der Waals surface area contributed by atoms with E-state index in [0.717, 1.165) is 12.8 Å². The van der Waals surface area contributed by atoms with E-state index in [0.29, 0.717) is 24.5 Å². The van der Waals surface area contributed by atoms with Crippen LogP contribution in [0.1, 0.15) is 40.5 Å². The fraction of sp³-hybridized carbons (Fsp3) is 0.500. The van der Waals surface area contributed by atoms with Gasteiger partial charge in [0.15, 0.2) is 0 Å². The first-order chi connectivity index (χ1) is 11.4. The van der Waals surface area contributed by atoms with E-state index in [9.17, 15) is 14.4 Å². The topological polar surface area (TPSA) is 69.7 Å². The van der Waals surface area contributed by atoms with Crippen molar-refractivity contribution in [2.24, 2.45) is 0 Å². The molecule has 24 heavy (non-hydrogen) atoms. The summed E-state index contributed by atoms with van der Waals surface area (Å²) in [7, 11) is 0. The molecule has 0 bridgehead atoms. The highest BCUT2D eigenvalue weighted by atomic mass is 16.2. The smallest absolute Gasteiger partial charge is 0.242 e. The Morgan fingerprint density at radius 2 is 1.50 bits per heavy atom. The Bertz CT molecular complexity index is 563. The molecule has 0 spiro atoms. The fourth-order valence-corrected chi connectivity index (χ4v) is 2.45. The van der Waals surface area contributed by atoms with Crippen LogP contribution in [0.15, 0.2) is 24.3 Å². The molecule has 0 saturated carbocycles. The van der Waals surface area contributed by atoms with E-state index in [2.05, 4.69) is 5.32 Å². The van der Waals surface area contributed by atoms with Crippen LogP contribution in [0, 0.1) is 0 Å². The van der Waals surface area contributed by atoms with Crippen LogP contribution in [0.25, 0.3) is 0 Å². The van der Waals surface area contributed by atoms with Gasteiger partial charge < -0.3 is 15.1 Å². The molecular weight excluding hydrogens is 306 g/mol. The van der Waals surface area contributed by atoms with Crippen molar-refractivity contribution in [3.63, 3.8) is 0 Å². The van der Waals surface area contributed by atoms with E-state index >= 15 is 0 Å². The number of carbonyl (C=O) groups is 3. The molecule has 0 heterocycles. The summed E-state index contributed by atoms with van der Waals surface area (Å²) in [6.07, 6.45) is 1.77. The van der Waals surface area contributed by atoms with Gasteiger partial charge in [-0.3, -0.25) is 14.4 Å². The van der Waals surface area contributed by atoms with Gasteiger partial charge in [0.2, 0.25) is 17.7 Å². The molecule has 6 nitrogen and oxygen atoms in total. The Kier molecular flexibility index (Phi) is 7.95. The monoisotopic (exact) mass is 333 g/mol. The van der Waals surface area contributed by atoms with Gasteiger partial charge in [0.1, 0.15) is 6.54 Å². The van der Waals surface area contributed by atoms with Crippen LogP contribution in [-0.4, -0.2) is 42.3 Å². The van der Waals surface area contributed by atoms with Gasteiger partial charge in [-0.15, -0.1) is 0 Å². The number of benzene rings is 1. The van der Waals surface area contributed by atoms with Gasteiger partial charge in [0, 0.05) is 38.3 Å². The van der Waals surface area contributed by atoms with Crippen molar-refractivity contribution < 1.29 is 14.4 Å². The molecule has 1 rings (SSSR count). The molecule has 6 heteroatoms. The van der Waals surface area contributed by atoms with Crippen LogP contribution in [0.4, 0.5) is 11.4 Å². The van der Waals surface area contributed by atoms with Crippen molar-refractivity contribution in [1.29, 1.82) is 0 Å². The molecule has 0 aromatic heterocycles. The van der Waals surface area contributed by atoms with Crippen molar-refractivity contribution in [3.05, 3.63) is 24.3 Å². The van der Waals surface area contributed by atoms with Gasteiger partial charge in [-0.25, -0.2) is 0 Å². The lowest BCUT2D eigenvalue weighted by Gasteiger charge is -2.26. The van der Waals surface area contributed by atoms with Crippen LogP contribution in [0.2, 0.25) is 0 Å². The second-order valence-corrected chi connectivity index (χ2v) is 5.71. The van der Waals surface area contributed by atoms with E-state index in [4.69, 9.17) is 0 Å². The van der Waals surface area contributed by atoms with Crippen LogP contribution >= 0.6 is 0 Å². The second-order valence-electron chi connectivity index (χ2n) is 5.71. The third kappa shape index (κ3) is 6.02. The van der Waals surface area contributed by atoms with Gasteiger partial charge in [-0.2, -0.15) is 0 Å². The Balaban J connectivity index is 2.88. The van der Waals surface area contributed by atoms with Crippen molar-refractivity contribution >= 4 is 29.1 Å². The molecule has 0 saturated heterocycles. The summed E-state index contributed by atoms with van der Waals surface area (Å²) in [5.41, 5.74) is 1.29. The molecule has 1 aromatic rings. The SMILES string of the molecule is CCCN(CCC)C(=O)CN(C(C)=O)c1ccc(NC(C)=O)cc1. The maximum absolute atomic E-state index is 12.5. The molecule has 1 N–H and O–H groups in total. The lowest BCUT2D eigenvalue weighted by Crippen LogP contribution is -2.43. The molecule has 0 aliphatic carbocycles. The highest BCUT2D eigenvalue weighted by molar-refractivity contribution is 5.97. The maximum atomic E-state index is 12.5. The van der Waals surface area contributed by atoms with Gasteiger partial charge in [0.05, 0.1) is 0 Å². The number of amides is 3. The standard InChI is InChI=1S/C18H27N3O3/c1-5-11-20(12-6-2)18(24)13-21(15(4)23)17-9-7-16(8-10-17)19-14(3)22/h7-10H,5-6,11-13H2,1-4H3,(H,19,22). The summed E-state index contributed by atoms with van der Waals surface area (Å²) in [5.74, 6) is -0.403. The van der Waals surface area contributed by atoms with Gasteiger partial charge in [0.25, 0.3) is 0 Å². The van der Waals surface area contributed by atoms with Crippen LogP contribution < -0.4 is 10.2 Å². The number of hydrogen-bond donors (Lipinski definition) is 1. The molecule has 0 aliphatic heterocycles. The first-order valence-corrected chi connectivity index (χ1v) is 8.32. The lowest BCUT2D eigenvalue weighted by molar-refractivity contribution is -0.131. The van der Waals surface area contributed by atoms with Gasteiger partial charge in [-0.1, -0.05) is 13.8 Å². The minimum Gasteiger partial charge on any atom is -0.341 e.